The summed E-state index contributed by atoms with van der Waals surface area (Å²) in [5.41, 5.74) is 18.8. The van der Waals surface area contributed by atoms with Crippen LogP contribution in [0.25, 0.3) is 22.3 Å². The quantitative estimate of drug-likeness (QED) is 0.0141. The van der Waals surface area contributed by atoms with Gasteiger partial charge in [0.15, 0.2) is 0 Å². The average Bonchev–Trinajstić information content (AvgIpc) is 4.08. The van der Waals surface area contributed by atoms with Crippen molar-refractivity contribution in [3.63, 3.8) is 0 Å². The topological polar surface area (TPSA) is 353 Å². The molecular weight excluding hydrogens is 1200 g/mol. The maximum atomic E-state index is 14.9. The Kier molecular flexibility index (Phi) is 31.3. The Bertz CT molecular complexity index is 2540. The molecule has 2 aromatic heterocycles. The van der Waals surface area contributed by atoms with E-state index in [9.17, 15) is 47.5 Å². The van der Waals surface area contributed by atoms with E-state index in [0.717, 1.165) is 89.4 Å². The summed E-state index contributed by atoms with van der Waals surface area (Å²) in [6.07, 6.45) is 9.52. The number of imide groups is 1. The van der Waals surface area contributed by atoms with E-state index in [1.54, 1.807) is 11.7 Å². The third kappa shape index (κ3) is 21.3. The van der Waals surface area contributed by atoms with Crippen molar-refractivity contribution in [2.75, 3.05) is 40.5 Å². The number of carbonyl (C=O) groups is 10. The number of primary amides is 3. The molecule has 4 heterocycles. The Labute approximate surface area is 463 Å². The number of likely N-dealkylation sites (tertiary alicyclic amines) is 1. The minimum atomic E-state index is -1.04. The number of amides is 7. The van der Waals surface area contributed by atoms with Gasteiger partial charge >= 0.3 is 112 Å². The first-order valence-electron chi connectivity index (χ1n) is 25.2. The summed E-state index contributed by atoms with van der Waals surface area (Å²) >= 11 is 1.14. The predicted octanol–water partition coefficient (Wildman–Crippen LogP) is 0.551. The van der Waals surface area contributed by atoms with E-state index in [2.05, 4.69) is 45.7 Å². The fourth-order valence-electron chi connectivity index (χ4n) is 8.27. The minimum absolute atomic E-state index is 0.00128. The molecule has 23 nitrogen and oxygen atoms in total. The van der Waals surface area contributed by atoms with Gasteiger partial charge in [0.2, 0.25) is 36.4 Å². The van der Waals surface area contributed by atoms with Crippen molar-refractivity contribution in [2.45, 2.75) is 133 Å². The van der Waals surface area contributed by atoms with E-state index >= 15 is 0 Å². The number of methoxy groups -OCH3 is 1. The first-order valence-corrected chi connectivity index (χ1v) is 28.0. The van der Waals surface area contributed by atoms with Gasteiger partial charge in [-0.25, -0.2) is 9.37 Å². The van der Waals surface area contributed by atoms with E-state index in [-0.39, 0.29) is 88.4 Å². The predicted molar refractivity (Wildman–Crippen MR) is 284 cm³/mol. The molecule has 7 amide bonds. The van der Waals surface area contributed by atoms with Crippen LogP contribution in [0.5, 0.6) is 0 Å². The van der Waals surface area contributed by atoms with Crippen molar-refractivity contribution in [1.29, 1.82) is 0 Å². The number of pyridine rings is 2. The molecule has 0 bridgehead atoms. The van der Waals surface area contributed by atoms with Crippen LogP contribution in [0.3, 0.4) is 0 Å². The first kappa shape index (κ1) is 66.9. The summed E-state index contributed by atoms with van der Waals surface area (Å²) < 4.78 is 28.3. The van der Waals surface area contributed by atoms with E-state index in [1.807, 2.05) is 27.0 Å². The number of hydrogen-bond donors (Lipinski definition) is 7. The second-order valence-electron chi connectivity index (χ2n) is 18.1. The van der Waals surface area contributed by atoms with E-state index in [0.29, 0.717) is 71.2 Å². The number of aromatic nitrogens is 2. The van der Waals surface area contributed by atoms with Gasteiger partial charge in [0.05, 0.1) is 36.6 Å². The molecule has 77 heavy (non-hydrogen) atoms. The van der Waals surface area contributed by atoms with Crippen LogP contribution >= 0.6 is 0 Å². The molecule has 421 valence electrons. The van der Waals surface area contributed by atoms with Crippen LogP contribution in [-0.4, -0.2) is 160 Å². The summed E-state index contributed by atoms with van der Waals surface area (Å²) in [6.45, 7) is 6.53. The van der Waals surface area contributed by atoms with Gasteiger partial charge in [-0.2, -0.15) is 0 Å². The molecule has 3 aromatic rings. The van der Waals surface area contributed by atoms with E-state index in [4.69, 9.17) is 29.8 Å². The third-order valence-electron chi connectivity index (χ3n) is 12.7. The van der Waals surface area contributed by atoms with Gasteiger partial charge in [-0.1, -0.05) is 6.92 Å². The molecule has 6 rings (SSSR count). The number of rotatable bonds is 27. The van der Waals surface area contributed by atoms with Crippen molar-refractivity contribution >= 4 is 97.9 Å². The summed E-state index contributed by atoms with van der Waals surface area (Å²) in [7, 11) is 3.46. The number of halogens is 1. The van der Waals surface area contributed by atoms with E-state index in [1.165, 1.54) is 18.9 Å². The zero-order valence-corrected chi connectivity index (χ0v) is 48.4. The standard InChI is InChI=1S/C27H32FN3O3.C12H18N4O5.C11H18NO3.2CH3NO.Pb/c1-6-17(13-32)20-10-25-26-18(12-31(25)27(33)22(20)14-34-5)9-21-19(8-7-15(2)29-4)16(3)23(28)11-24(21)30-26;13-9(18)3-4-15-12(21)8(7-14-5-6-17)16-10(19)1-2-11(16)20;1-2-3-11(14)12-8-15-10(7-13)6-9-4-5-9;2*2-1-3;/h9-11,13,15,17,29H,6-8,12,14H2,1-5H3;6,8,14H,1-5,7H2,(H2,13,18)(H,15,21);7,9-10H,1-6,8H2,(H,12,14);2*1H,(H2,2,3);. The molecule has 2 fully saturated rings. The van der Waals surface area contributed by atoms with Crippen LogP contribution < -0.4 is 44.0 Å². The van der Waals surface area contributed by atoms with Gasteiger partial charge in [0, 0.05) is 74.0 Å². The Morgan fingerprint density at radius 1 is 0.974 bits per heavy atom. The summed E-state index contributed by atoms with van der Waals surface area (Å²) in [6, 6.07) is 4.70. The van der Waals surface area contributed by atoms with Gasteiger partial charge in [-0.3, -0.25) is 38.5 Å². The van der Waals surface area contributed by atoms with Gasteiger partial charge in [0.25, 0.3) is 5.56 Å². The number of benzene rings is 1. The van der Waals surface area contributed by atoms with Crippen LogP contribution in [0, 0.1) is 18.7 Å². The number of ether oxygens (including phenoxy) is 2. The molecule has 10 N–H and O–H groups in total. The normalized spacial score (nSPS) is 14.4. The second-order valence-corrected chi connectivity index (χ2v) is 20.0. The molecule has 3 aliphatic rings. The molecule has 1 aliphatic carbocycles. The van der Waals surface area contributed by atoms with Crippen molar-refractivity contribution in [1.82, 2.24) is 35.7 Å². The van der Waals surface area contributed by atoms with Crippen molar-refractivity contribution in [3.8, 4) is 11.4 Å². The van der Waals surface area contributed by atoms with Crippen LogP contribution in [0.1, 0.15) is 112 Å². The van der Waals surface area contributed by atoms with Crippen molar-refractivity contribution in [2.24, 2.45) is 23.1 Å². The molecular formula is C52H74FN10O13Pb. The molecule has 4 unspecified atom stereocenters. The zero-order valence-electron chi connectivity index (χ0n) is 44.5. The van der Waals surface area contributed by atoms with Gasteiger partial charge in [-0.15, -0.1) is 0 Å². The maximum absolute atomic E-state index is 14.9. The average molecular weight is 1270 g/mol. The van der Waals surface area contributed by atoms with Gasteiger partial charge < -0.3 is 52.0 Å². The molecule has 3 radical (unpaired) electrons. The fourth-order valence-corrected chi connectivity index (χ4v) is 8.95. The van der Waals surface area contributed by atoms with Crippen LogP contribution in [0.15, 0.2) is 23.0 Å². The molecule has 25 heteroatoms. The number of nitrogens with two attached hydrogens (primary N) is 3. The third-order valence-corrected chi connectivity index (χ3v) is 14.0. The Balaban J connectivity index is 0.000000403. The molecule has 1 saturated carbocycles. The molecule has 1 aromatic carbocycles. The number of hydrogen-bond acceptors (Lipinski definition) is 16. The summed E-state index contributed by atoms with van der Waals surface area (Å²) in [5.74, 6) is -1.98. The van der Waals surface area contributed by atoms with Crippen LogP contribution in [-0.2, 0) is 77.0 Å². The Morgan fingerprint density at radius 3 is 2.18 bits per heavy atom. The number of nitrogens with zero attached hydrogens (tertiary/aromatic N) is 3. The van der Waals surface area contributed by atoms with Crippen molar-refractivity contribution < 1.29 is 61.8 Å². The number of carbonyl (C=O) groups excluding carboxylic acids is 10. The number of fused-ring (bicyclic) bond motifs is 4. The Morgan fingerprint density at radius 2 is 1.64 bits per heavy atom. The molecule has 1 saturated heterocycles. The number of aryl methyl sites for hydroxylation is 1. The summed E-state index contributed by atoms with van der Waals surface area (Å²) in [4.78, 5) is 126. The summed E-state index contributed by atoms with van der Waals surface area (Å²) in [5, 5.41) is 11.9. The fraction of sp³-hybridized carbons (Fsp3) is 0.538. The zero-order chi connectivity index (χ0) is 57.6. The van der Waals surface area contributed by atoms with E-state index < -0.39 is 35.6 Å². The van der Waals surface area contributed by atoms with Gasteiger partial charge in [0.1, 0.15) is 24.4 Å². The van der Waals surface area contributed by atoms with Crippen LogP contribution in [0.4, 0.5) is 4.39 Å². The second kappa shape index (κ2) is 36.0. The Hall–Kier alpha value is -6.23. The molecule has 2 aliphatic heterocycles. The molecule has 4 atom stereocenters. The molecule has 0 spiro atoms. The number of nitrogens with one attached hydrogen (secondary N) is 4. The SMILES string of the molecule is CCC(C=O)c1cc2n(c(=O)c1COC)Cc1cc3c(CCC(C)NC)c(C)c(F)cc3nc1-2.NC(=O)CCNC(=O)C(CNCC=O)N1C(=O)CCC1=O.NC=O.NC=O.O=CC(CC1CC1)OCNC(=O)CC[CH2][Pb]. The monoisotopic (exact) mass is 1270 g/mol. The van der Waals surface area contributed by atoms with Crippen LogP contribution in [0.2, 0.25) is 3.98 Å². The number of aldehydes is 3. The first-order chi connectivity index (χ1) is 36.9. The van der Waals surface area contributed by atoms with Crippen molar-refractivity contribution in [3.05, 3.63) is 62.2 Å². The van der Waals surface area contributed by atoms with Gasteiger partial charge in [-0.05, 0) is 69.0 Å².